The minimum absolute atomic E-state index is 0.423. The average Bonchev–Trinajstić information content (AvgIpc) is 2.03. The molecule has 0 saturated heterocycles. The van der Waals surface area contributed by atoms with Crippen LogP contribution in [-0.2, 0) is 0 Å². The Morgan fingerprint density at radius 2 is 1.75 bits per heavy atom. The Bertz CT molecular complexity index is 260. The molecule has 0 bridgehead atoms. The second kappa shape index (κ2) is 4.11. The van der Waals surface area contributed by atoms with E-state index < -0.39 is 0 Å². The molecule has 1 unspecified atom stereocenters. The van der Waals surface area contributed by atoms with Crippen LogP contribution in [0.3, 0.4) is 0 Å². The molecule has 0 heterocycles. The minimum atomic E-state index is 0.423. The number of benzene rings is 1. The van der Waals surface area contributed by atoms with Gasteiger partial charge in [0, 0.05) is 0 Å². The standard InChI is InChI=1S/C6H10IN4P/c7-12-11(10)6-4(8)2-1-3-5(6)9/h1-3,12H,8-10H2. The Balaban J connectivity index is 3.12. The summed E-state index contributed by atoms with van der Waals surface area (Å²) < 4.78 is 1.55. The topological polar surface area (TPSA) is 81.3 Å². The van der Waals surface area contributed by atoms with Crippen LogP contribution >= 0.6 is 28.4 Å². The van der Waals surface area contributed by atoms with Crippen molar-refractivity contribution in [3.05, 3.63) is 18.2 Å². The number of nitrogens with zero attached hydrogens (tertiary/aromatic N) is 1. The summed E-state index contributed by atoms with van der Waals surface area (Å²) >= 11 is 2.17. The average molecular weight is 296 g/mol. The van der Waals surface area contributed by atoms with E-state index in [4.69, 9.17) is 17.3 Å². The summed E-state index contributed by atoms with van der Waals surface area (Å²) in [4.78, 5) is 0. The number of rotatable bonds is 2. The number of para-hydroxylation sites is 1. The fraction of sp³-hybridized carbons (Fsp3) is 0. The quantitative estimate of drug-likeness (QED) is 0.254. The zero-order valence-corrected chi connectivity index (χ0v) is 9.45. The Morgan fingerprint density at radius 3 is 2.17 bits per heavy atom. The van der Waals surface area contributed by atoms with Gasteiger partial charge < -0.3 is 11.5 Å². The highest BCUT2D eigenvalue weighted by molar-refractivity contribution is 14.2. The van der Waals surface area contributed by atoms with E-state index in [1.165, 1.54) is 0 Å². The summed E-state index contributed by atoms with van der Waals surface area (Å²) in [6, 6.07) is 5.36. The lowest BCUT2D eigenvalue weighted by Gasteiger charge is -2.18. The molecule has 1 aromatic rings. The molecule has 4 nitrogen and oxygen atoms in total. The molecule has 0 aromatic heterocycles. The summed E-state index contributed by atoms with van der Waals surface area (Å²) in [6.45, 7) is 0. The molecule has 0 amide bonds. The lowest BCUT2D eigenvalue weighted by molar-refractivity contribution is 1.21. The Morgan fingerprint density at radius 1 is 1.25 bits per heavy atom. The van der Waals surface area contributed by atoms with Crippen LogP contribution in [-0.4, -0.2) is 0 Å². The molecule has 0 aliphatic rings. The molecular formula is C6H10IN4P. The zero-order valence-electron chi connectivity index (χ0n) is 6.29. The van der Waals surface area contributed by atoms with Gasteiger partial charge >= 0.3 is 0 Å². The van der Waals surface area contributed by atoms with Gasteiger partial charge in [-0.2, -0.15) is 0 Å². The van der Waals surface area contributed by atoms with Crippen molar-refractivity contribution in [2.75, 3.05) is 16.2 Å². The van der Waals surface area contributed by atoms with Gasteiger partial charge in [0.05, 0.1) is 17.7 Å². The van der Waals surface area contributed by atoms with Gasteiger partial charge in [0.1, 0.15) is 5.69 Å². The maximum Gasteiger partial charge on any atom is 0.102 e. The minimum Gasteiger partial charge on any atom is -0.397 e. The van der Waals surface area contributed by atoms with Crippen molar-refractivity contribution >= 4 is 45.5 Å². The van der Waals surface area contributed by atoms with E-state index >= 15 is 0 Å². The molecule has 0 aliphatic carbocycles. The summed E-state index contributed by atoms with van der Waals surface area (Å²) in [5.41, 5.74) is 13.3. The lowest BCUT2D eigenvalue weighted by atomic mass is 10.2. The Hall–Kier alpha value is -0.260. The number of nitrogens with two attached hydrogens (primary N) is 3. The second-order valence-corrected chi connectivity index (χ2v) is 4.34. The van der Waals surface area contributed by atoms with Crippen LogP contribution in [0.1, 0.15) is 0 Å². The highest BCUT2D eigenvalue weighted by Crippen LogP contribution is 2.37. The molecule has 0 spiro atoms. The van der Waals surface area contributed by atoms with Crippen LogP contribution in [0.25, 0.3) is 0 Å². The van der Waals surface area contributed by atoms with Crippen LogP contribution in [0.4, 0.5) is 17.1 Å². The van der Waals surface area contributed by atoms with Gasteiger partial charge in [0.25, 0.3) is 0 Å². The van der Waals surface area contributed by atoms with Gasteiger partial charge in [0.2, 0.25) is 0 Å². The molecule has 1 aromatic carbocycles. The van der Waals surface area contributed by atoms with Crippen LogP contribution in [0.15, 0.2) is 18.2 Å². The first kappa shape index (κ1) is 9.83. The van der Waals surface area contributed by atoms with E-state index in [1.807, 2.05) is 0 Å². The molecule has 1 rings (SSSR count). The van der Waals surface area contributed by atoms with Gasteiger partial charge in [0.15, 0.2) is 0 Å². The van der Waals surface area contributed by atoms with E-state index in [0.717, 1.165) is 0 Å². The molecule has 0 aliphatic heterocycles. The van der Waals surface area contributed by atoms with Crippen molar-refractivity contribution in [3.8, 4) is 0 Å². The highest BCUT2D eigenvalue weighted by atomic mass is 127. The maximum atomic E-state index is 5.70. The summed E-state index contributed by atoms with van der Waals surface area (Å²) in [5.74, 6) is 5.67. The monoisotopic (exact) mass is 296 g/mol. The summed E-state index contributed by atoms with van der Waals surface area (Å²) in [5, 5.41) is 0. The van der Waals surface area contributed by atoms with Crippen molar-refractivity contribution in [1.82, 2.24) is 0 Å². The van der Waals surface area contributed by atoms with E-state index in [9.17, 15) is 0 Å². The van der Waals surface area contributed by atoms with Crippen LogP contribution in [0.2, 0.25) is 0 Å². The van der Waals surface area contributed by atoms with Gasteiger partial charge in [-0.3, -0.25) is 4.78 Å². The third-order valence-electron chi connectivity index (χ3n) is 1.43. The smallest absolute Gasteiger partial charge is 0.102 e. The normalized spacial score (nSPS) is 10.8. The molecule has 12 heavy (non-hydrogen) atoms. The van der Waals surface area contributed by atoms with E-state index in [0.29, 0.717) is 23.4 Å². The van der Waals surface area contributed by atoms with Gasteiger partial charge in [-0.05, 0) is 34.2 Å². The largest absolute Gasteiger partial charge is 0.397 e. The molecule has 66 valence electrons. The van der Waals surface area contributed by atoms with Gasteiger partial charge in [-0.25, -0.2) is 5.84 Å². The fourth-order valence-corrected chi connectivity index (χ4v) is 1.97. The predicted octanol–water partition coefficient (Wildman–Crippen LogP) is 1.47. The predicted molar refractivity (Wildman–Crippen MR) is 64.3 cm³/mol. The van der Waals surface area contributed by atoms with Crippen molar-refractivity contribution in [2.45, 2.75) is 0 Å². The number of anilines is 3. The van der Waals surface area contributed by atoms with E-state index in [1.54, 1.807) is 23.0 Å². The van der Waals surface area contributed by atoms with Gasteiger partial charge in [-0.1, -0.05) is 6.07 Å². The lowest BCUT2D eigenvalue weighted by Crippen LogP contribution is -2.21. The molecule has 1 atom stereocenters. The molecular weight excluding hydrogens is 286 g/mol. The van der Waals surface area contributed by atoms with Crippen LogP contribution < -0.4 is 22.1 Å². The summed E-state index contributed by atoms with van der Waals surface area (Å²) in [7, 11) is 0. The SMILES string of the molecule is Nc1cccc(N)c1N(N)PI. The molecule has 6 heteroatoms. The van der Waals surface area contributed by atoms with Crippen LogP contribution in [0.5, 0.6) is 0 Å². The Kier molecular flexibility index (Phi) is 3.37. The second-order valence-electron chi connectivity index (χ2n) is 2.24. The molecule has 6 N–H and O–H groups in total. The van der Waals surface area contributed by atoms with E-state index in [-0.39, 0.29) is 0 Å². The number of hydrazine groups is 1. The number of nitrogen functional groups attached to an aromatic ring is 2. The van der Waals surface area contributed by atoms with Crippen molar-refractivity contribution < 1.29 is 0 Å². The first-order valence-electron chi connectivity index (χ1n) is 3.22. The zero-order chi connectivity index (χ0) is 9.14. The Labute approximate surface area is 85.8 Å². The fourth-order valence-electron chi connectivity index (χ4n) is 0.900. The third kappa shape index (κ3) is 1.91. The van der Waals surface area contributed by atoms with Crippen molar-refractivity contribution in [2.24, 2.45) is 5.84 Å². The molecule has 0 fully saturated rings. The highest BCUT2D eigenvalue weighted by Gasteiger charge is 2.07. The maximum absolute atomic E-state index is 5.70. The van der Waals surface area contributed by atoms with Crippen molar-refractivity contribution in [1.29, 1.82) is 0 Å². The van der Waals surface area contributed by atoms with Crippen molar-refractivity contribution in [3.63, 3.8) is 0 Å². The van der Waals surface area contributed by atoms with E-state index in [2.05, 4.69) is 22.0 Å². The third-order valence-corrected chi connectivity index (χ3v) is 3.40. The molecule has 0 radical (unpaired) electrons. The first-order chi connectivity index (χ1) is 5.66. The van der Waals surface area contributed by atoms with Crippen LogP contribution in [0, 0.1) is 0 Å². The number of hydrogen-bond donors (Lipinski definition) is 3. The molecule has 0 saturated carbocycles. The van der Waals surface area contributed by atoms with Gasteiger partial charge in [-0.15, -0.1) is 0 Å². The first-order valence-corrected chi connectivity index (χ1v) is 7.28. The summed E-state index contributed by atoms with van der Waals surface area (Å²) in [6.07, 6.45) is 0.423. The number of halogens is 1. The number of hydrogen-bond acceptors (Lipinski definition) is 4.